The Balaban J connectivity index is 1.96. The molecule has 0 atom stereocenters. The molecule has 2 N–H and O–H groups in total. The van der Waals surface area contributed by atoms with Crippen LogP contribution in [0, 0.1) is 0 Å². The molecule has 0 aromatic heterocycles. The van der Waals surface area contributed by atoms with Crippen molar-refractivity contribution in [2.75, 3.05) is 0 Å². The molecule has 2 rings (SSSR count). The summed E-state index contributed by atoms with van der Waals surface area (Å²) in [6.07, 6.45) is 1.96. The summed E-state index contributed by atoms with van der Waals surface area (Å²) in [5.74, 6) is -0.483. The second-order valence-corrected chi connectivity index (χ2v) is 4.09. The van der Waals surface area contributed by atoms with E-state index in [4.69, 9.17) is 11.6 Å². The number of hydrogen-bond acceptors (Lipinski definition) is 2. The van der Waals surface area contributed by atoms with Crippen molar-refractivity contribution in [2.45, 2.75) is 18.9 Å². The highest BCUT2D eigenvalue weighted by Gasteiger charge is 2.24. The Morgan fingerprint density at radius 2 is 1.94 bits per heavy atom. The van der Waals surface area contributed by atoms with Crippen LogP contribution in [0.2, 0.25) is 5.02 Å². The molecule has 1 aliphatic carbocycles. The zero-order valence-corrected chi connectivity index (χ0v) is 9.25. The molecule has 1 aromatic rings. The van der Waals surface area contributed by atoms with Crippen LogP contribution >= 0.6 is 11.6 Å². The van der Waals surface area contributed by atoms with Gasteiger partial charge in [0.05, 0.1) is 10.6 Å². The maximum atomic E-state index is 11.6. The van der Waals surface area contributed by atoms with Gasteiger partial charge in [0.25, 0.3) is 5.91 Å². The lowest BCUT2D eigenvalue weighted by atomic mass is 10.2. The molecule has 5 heteroatoms. The third kappa shape index (κ3) is 2.73. The van der Waals surface area contributed by atoms with Gasteiger partial charge in [0.2, 0.25) is 0 Å². The van der Waals surface area contributed by atoms with Crippen LogP contribution in [0.5, 0.6) is 0 Å². The molecule has 84 valence electrons. The summed E-state index contributed by atoms with van der Waals surface area (Å²) in [7, 11) is 0. The van der Waals surface area contributed by atoms with E-state index >= 15 is 0 Å². The standard InChI is InChI=1S/C11H11ClN2O2/c12-9-4-2-1-3-8(9)10(15)14-11(16)13-7-5-6-7/h1-4,7H,5-6H2,(H2,13,14,15,16). The van der Waals surface area contributed by atoms with Crippen LogP contribution in [0.15, 0.2) is 24.3 Å². The predicted octanol–water partition coefficient (Wildman–Crippen LogP) is 1.94. The fourth-order valence-electron chi connectivity index (χ4n) is 1.26. The summed E-state index contributed by atoms with van der Waals surface area (Å²) in [4.78, 5) is 22.9. The number of amides is 3. The van der Waals surface area contributed by atoms with Crippen molar-refractivity contribution in [3.05, 3.63) is 34.9 Å². The molecular weight excluding hydrogens is 228 g/mol. The van der Waals surface area contributed by atoms with E-state index in [-0.39, 0.29) is 6.04 Å². The van der Waals surface area contributed by atoms with Crippen LogP contribution in [-0.2, 0) is 0 Å². The van der Waals surface area contributed by atoms with E-state index in [0.29, 0.717) is 10.6 Å². The van der Waals surface area contributed by atoms with Gasteiger partial charge in [-0.15, -0.1) is 0 Å². The first-order chi connectivity index (χ1) is 7.66. The molecule has 0 aliphatic heterocycles. The van der Waals surface area contributed by atoms with Crippen molar-refractivity contribution in [3.8, 4) is 0 Å². The van der Waals surface area contributed by atoms with Crippen LogP contribution < -0.4 is 10.6 Å². The smallest absolute Gasteiger partial charge is 0.321 e. The lowest BCUT2D eigenvalue weighted by Crippen LogP contribution is -2.40. The first-order valence-electron chi connectivity index (χ1n) is 5.03. The molecule has 0 spiro atoms. The van der Waals surface area contributed by atoms with E-state index in [1.807, 2.05) is 0 Å². The summed E-state index contributed by atoms with van der Waals surface area (Å²) in [5, 5.41) is 5.23. The van der Waals surface area contributed by atoms with Crippen molar-refractivity contribution in [3.63, 3.8) is 0 Å². The average Bonchev–Trinajstić information content (AvgIpc) is 3.01. The van der Waals surface area contributed by atoms with E-state index in [9.17, 15) is 9.59 Å². The molecule has 1 aliphatic rings. The molecular formula is C11H11ClN2O2. The molecule has 0 heterocycles. The van der Waals surface area contributed by atoms with E-state index in [0.717, 1.165) is 12.8 Å². The second kappa shape index (κ2) is 4.53. The number of carbonyl (C=O) groups excluding carboxylic acids is 2. The Morgan fingerprint density at radius 3 is 2.56 bits per heavy atom. The van der Waals surface area contributed by atoms with Gasteiger partial charge in [-0.2, -0.15) is 0 Å². The predicted molar refractivity (Wildman–Crippen MR) is 60.5 cm³/mol. The molecule has 1 aromatic carbocycles. The highest BCUT2D eigenvalue weighted by atomic mass is 35.5. The van der Waals surface area contributed by atoms with E-state index in [2.05, 4.69) is 10.6 Å². The van der Waals surface area contributed by atoms with Crippen molar-refractivity contribution in [1.29, 1.82) is 0 Å². The minimum absolute atomic E-state index is 0.221. The summed E-state index contributed by atoms with van der Waals surface area (Å²) >= 11 is 5.83. The largest absolute Gasteiger partial charge is 0.335 e. The van der Waals surface area contributed by atoms with Gasteiger partial charge >= 0.3 is 6.03 Å². The highest BCUT2D eigenvalue weighted by Crippen LogP contribution is 2.18. The SMILES string of the molecule is O=C(NC(=O)c1ccccc1Cl)NC1CC1. The lowest BCUT2D eigenvalue weighted by molar-refractivity contribution is 0.0964. The van der Waals surface area contributed by atoms with Gasteiger partial charge in [-0.25, -0.2) is 4.79 Å². The normalized spacial score (nSPS) is 14.3. The van der Waals surface area contributed by atoms with Gasteiger partial charge < -0.3 is 5.32 Å². The quantitative estimate of drug-likeness (QED) is 0.827. The number of carbonyl (C=O) groups is 2. The second-order valence-electron chi connectivity index (χ2n) is 3.68. The average molecular weight is 239 g/mol. The molecule has 0 bridgehead atoms. The number of benzene rings is 1. The summed E-state index contributed by atoms with van der Waals surface area (Å²) in [6, 6.07) is 6.35. The Bertz CT molecular complexity index is 430. The maximum Gasteiger partial charge on any atom is 0.321 e. The first kappa shape index (κ1) is 11.0. The van der Waals surface area contributed by atoms with E-state index < -0.39 is 11.9 Å². The van der Waals surface area contributed by atoms with Gasteiger partial charge in [0.1, 0.15) is 0 Å². The molecule has 0 unspecified atom stereocenters. The summed E-state index contributed by atoms with van der Waals surface area (Å²) in [5.41, 5.74) is 0.301. The topological polar surface area (TPSA) is 58.2 Å². The molecule has 1 saturated carbocycles. The first-order valence-corrected chi connectivity index (χ1v) is 5.41. The van der Waals surface area contributed by atoms with Crippen molar-refractivity contribution < 1.29 is 9.59 Å². The Hall–Kier alpha value is -1.55. The lowest BCUT2D eigenvalue weighted by Gasteiger charge is -2.06. The fraction of sp³-hybridized carbons (Fsp3) is 0.273. The Labute approximate surface area is 98.0 Å². The number of nitrogens with one attached hydrogen (secondary N) is 2. The molecule has 0 saturated heterocycles. The number of halogens is 1. The van der Waals surface area contributed by atoms with Crippen LogP contribution in [0.25, 0.3) is 0 Å². The molecule has 16 heavy (non-hydrogen) atoms. The monoisotopic (exact) mass is 238 g/mol. The Kier molecular flexibility index (Phi) is 3.10. The molecule has 4 nitrogen and oxygen atoms in total. The third-order valence-corrected chi connectivity index (χ3v) is 2.59. The fourth-order valence-corrected chi connectivity index (χ4v) is 1.49. The maximum absolute atomic E-state index is 11.6. The zero-order valence-electron chi connectivity index (χ0n) is 8.50. The summed E-state index contributed by atoms with van der Waals surface area (Å²) < 4.78 is 0. The van der Waals surface area contributed by atoms with Gasteiger partial charge in [-0.1, -0.05) is 23.7 Å². The molecule has 3 amide bonds. The Morgan fingerprint density at radius 1 is 1.25 bits per heavy atom. The van der Waals surface area contributed by atoms with Gasteiger partial charge in [-0.05, 0) is 25.0 Å². The van der Waals surface area contributed by atoms with Gasteiger partial charge in [0, 0.05) is 6.04 Å². The van der Waals surface area contributed by atoms with Crippen LogP contribution in [-0.4, -0.2) is 18.0 Å². The molecule has 1 fully saturated rings. The zero-order chi connectivity index (χ0) is 11.5. The van der Waals surface area contributed by atoms with Crippen molar-refractivity contribution >= 4 is 23.5 Å². The van der Waals surface area contributed by atoms with Crippen LogP contribution in [0.4, 0.5) is 4.79 Å². The minimum Gasteiger partial charge on any atom is -0.335 e. The van der Waals surface area contributed by atoms with E-state index in [1.54, 1.807) is 24.3 Å². The molecule has 0 radical (unpaired) electrons. The van der Waals surface area contributed by atoms with E-state index in [1.165, 1.54) is 0 Å². The summed E-state index contributed by atoms with van der Waals surface area (Å²) in [6.45, 7) is 0. The van der Waals surface area contributed by atoms with Crippen molar-refractivity contribution in [2.24, 2.45) is 0 Å². The minimum atomic E-state index is -0.483. The highest BCUT2D eigenvalue weighted by molar-refractivity contribution is 6.34. The van der Waals surface area contributed by atoms with Gasteiger partial charge in [0.15, 0.2) is 0 Å². The number of urea groups is 1. The van der Waals surface area contributed by atoms with Crippen molar-refractivity contribution in [1.82, 2.24) is 10.6 Å². The third-order valence-electron chi connectivity index (χ3n) is 2.26. The number of imide groups is 1. The van der Waals surface area contributed by atoms with Gasteiger partial charge in [-0.3, -0.25) is 10.1 Å². The number of hydrogen-bond donors (Lipinski definition) is 2. The van der Waals surface area contributed by atoms with Crippen LogP contribution in [0.1, 0.15) is 23.2 Å². The number of rotatable bonds is 2. The van der Waals surface area contributed by atoms with Crippen LogP contribution in [0.3, 0.4) is 0 Å².